The van der Waals surface area contributed by atoms with Crippen LogP contribution in [0.5, 0.6) is 11.5 Å². The maximum absolute atomic E-state index is 5.18. The Morgan fingerprint density at radius 3 is 1.41 bits per heavy atom. The van der Waals surface area contributed by atoms with Crippen molar-refractivity contribution >= 4 is 23.8 Å². The lowest BCUT2D eigenvalue weighted by molar-refractivity contribution is 0.414. The van der Waals surface area contributed by atoms with Gasteiger partial charge in [-0.1, -0.05) is 6.07 Å². The third-order valence-corrected chi connectivity index (χ3v) is 4.21. The van der Waals surface area contributed by atoms with Gasteiger partial charge in [0.1, 0.15) is 11.5 Å². The summed E-state index contributed by atoms with van der Waals surface area (Å²) in [4.78, 5) is 9.23. The zero-order chi connectivity index (χ0) is 19.1. The topological polar surface area (TPSA) is 43.2 Å². The van der Waals surface area contributed by atoms with Crippen LogP contribution in [0.15, 0.2) is 76.7 Å². The number of benzene rings is 3. The fourth-order valence-corrected chi connectivity index (χ4v) is 2.56. The average Bonchev–Trinajstić information content (AvgIpc) is 2.73. The molecule has 3 aromatic rings. The van der Waals surface area contributed by atoms with Crippen LogP contribution in [-0.2, 0) is 0 Å². The van der Waals surface area contributed by atoms with E-state index >= 15 is 0 Å². The molecular weight excluding hydrogens is 336 g/mol. The molecule has 0 spiro atoms. The van der Waals surface area contributed by atoms with Crippen LogP contribution in [0.25, 0.3) is 0 Å². The summed E-state index contributed by atoms with van der Waals surface area (Å²) in [7, 11) is 3.31. The minimum atomic E-state index is 0.832. The molecule has 0 heterocycles. The standard InChI is InChI=1S/C23H22N2O2/c1-17-22(24-15-18-7-11-20(26-2)12-8-18)5-4-6-23(17)25-16-19-9-13-21(27-3)14-10-19/h4-16H,1-3H3. The lowest BCUT2D eigenvalue weighted by Gasteiger charge is -2.04. The summed E-state index contributed by atoms with van der Waals surface area (Å²) in [6, 6.07) is 21.5. The number of aliphatic imine (C=N–C) groups is 2. The van der Waals surface area contributed by atoms with Gasteiger partial charge in [0.2, 0.25) is 0 Å². The molecule has 136 valence electrons. The van der Waals surface area contributed by atoms with Crippen molar-refractivity contribution in [3.05, 3.63) is 83.4 Å². The molecule has 0 saturated carbocycles. The third-order valence-electron chi connectivity index (χ3n) is 4.21. The molecule has 27 heavy (non-hydrogen) atoms. The van der Waals surface area contributed by atoms with Crippen LogP contribution in [-0.4, -0.2) is 26.6 Å². The highest BCUT2D eigenvalue weighted by Gasteiger charge is 2.01. The Balaban J connectivity index is 1.78. The van der Waals surface area contributed by atoms with Crippen LogP contribution in [0.4, 0.5) is 11.4 Å². The van der Waals surface area contributed by atoms with Crippen molar-refractivity contribution in [2.75, 3.05) is 14.2 Å². The van der Waals surface area contributed by atoms with Gasteiger partial charge in [-0.15, -0.1) is 0 Å². The van der Waals surface area contributed by atoms with E-state index in [0.29, 0.717) is 0 Å². The first-order valence-electron chi connectivity index (χ1n) is 8.65. The Kier molecular flexibility index (Phi) is 6.00. The predicted molar refractivity (Wildman–Crippen MR) is 112 cm³/mol. The summed E-state index contributed by atoms with van der Waals surface area (Å²) < 4.78 is 10.4. The quantitative estimate of drug-likeness (QED) is 0.545. The molecule has 4 heteroatoms. The van der Waals surface area contributed by atoms with Gasteiger partial charge in [-0.3, -0.25) is 9.98 Å². The van der Waals surface area contributed by atoms with Gasteiger partial charge in [0.05, 0.1) is 25.6 Å². The van der Waals surface area contributed by atoms with Gasteiger partial charge in [0.15, 0.2) is 0 Å². The van der Waals surface area contributed by atoms with Crippen molar-refractivity contribution in [1.82, 2.24) is 0 Å². The molecule has 0 atom stereocenters. The molecule has 0 bridgehead atoms. The van der Waals surface area contributed by atoms with Crippen LogP contribution in [0.1, 0.15) is 16.7 Å². The summed E-state index contributed by atoms with van der Waals surface area (Å²) in [6.07, 6.45) is 3.69. The molecule has 3 aromatic carbocycles. The Hall–Kier alpha value is -3.40. The van der Waals surface area contributed by atoms with E-state index in [1.807, 2.05) is 86.1 Å². The maximum atomic E-state index is 5.18. The summed E-state index contributed by atoms with van der Waals surface area (Å²) in [5, 5.41) is 0. The van der Waals surface area contributed by atoms with E-state index < -0.39 is 0 Å². The van der Waals surface area contributed by atoms with E-state index in [0.717, 1.165) is 39.6 Å². The zero-order valence-corrected chi connectivity index (χ0v) is 15.7. The highest BCUT2D eigenvalue weighted by atomic mass is 16.5. The van der Waals surface area contributed by atoms with Crippen LogP contribution >= 0.6 is 0 Å². The van der Waals surface area contributed by atoms with E-state index in [9.17, 15) is 0 Å². The molecule has 0 aromatic heterocycles. The van der Waals surface area contributed by atoms with E-state index in [2.05, 4.69) is 9.98 Å². The van der Waals surface area contributed by atoms with Gasteiger partial charge >= 0.3 is 0 Å². The van der Waals surface area contributed by atoms with Crippen molar-refractivity contribution in [1.29, 1.82) is 0 Å². The normalized spacial score (nSPS) is 11.2. The average molecular weight is 358 g/mol. The monoisotopic (exact) mass is 358 g/mol. The number of hydrogen-bond donors (Lipinski definition) is 0. The van der Waals surface area contributed by atoms with Crippen LogP contribution in [0, 0.1) is 6.92 Å². The fourth-order valence-electron chi connectivity index (χ4n) is 2.56. The lowest BCUT2D eigenvalue weighted by Crippen LogP contribution is -1.86. The van der Waals surface area contributed by atoms with Gasteiger partial charge in [0, 0.05) is 18.0 Å². The fraction of sp³-hybridized carbons (Fsp3) is 0.130. The molecule has 0 aliphatic heterocycles. The first-order chi connectivity index (χ1) is 13.2. The lowest BCUT2D eigenvalue weighted by atomic mass is 10.1. The SMILES string of the molecule is COc1ccc(C=Nc2cccc(N=Cc3ccc(OC)cc3)c2C)cc1. The van der Waals surface area contributed by atoms with Crippen LogP contribution < -0.4 is 9.47 Å². The van der Waals surface area contributed by atoms with Gasteiger partial charge in [-0.25, -0.2) is 0 Å². The van der Waals surface area contributed by atoms with Crippen LogP contribution in [0.2, 0.25) is 0 Å². The van der Waals surface area contributed by atoms with Crippen molar-refractivity contribution in [2.24, 2.45) is 9.98 Å². The summed E-state index contributed by atoms with van der Waals surface area (Å²) in [6.45, 7) is 2.03. The number of methoxy groups -OCH3 is 2. The number of hydrogen-bond acceptors (Lipinski definition) is 4. The highest BCUT2D eigenvalue weighted by Crippen LogP contribution is 2.28. The van der Waals surface area contributed by atoms with E-state index in [4.69, 9.17) is 9.47 Å². The molecular formula is C23H22N2O2. The minimum absolute atomic E-state index is 0.832. The predicted octanol–water partition coefficient (Wildman–Crippen LogP) is 5.51. The Bertz CT molecular complexity index is 867. The molecule has 0 aliphatic rings. The second kappa shape index (κ2) is 8.81. The van der Waals surface area contributed by atoms with E-state index in [1.54, 1.807) is 14.2 Å². The molecule has 0 fully saturated rings. The Morgan fingerprint density at radius 2 is 1.04 bits per heavy atom. The van der Waals surface area contributed by atoms with Gasteiger partial charge in [-0.05, 0) is 78.7 Å². The molecule has 0 amide bonds. The van der Waals surface area contributed by atoms with Crippen molar-refractivity contribution < 1.29 is 9.47 Å². The summed E-state index contributed by atoms with van der Waals surface area (Å²) in [5.41, 5.74) is 4.86. The van der Waals surface area contributed by atoms with Gasteiger partial charge in [0.25, 0.3) is 0 Å². The van der Waals surface area contributed by atoms with Crippen molar-refractivity contribution in [3.63, 3.8) is 0 Å². The molecule has 4 nitrogen and oxygen atoms in total. The molecule has 3 rings (SSSR count). The van der Waals surface area contributed by atoms with Gasteiger partial charge in [-0.2, -0.15) is 0 Å². The van der Waals surface area contributed by atoms with Crippen molar-refractivity contribution in [2.45, 2.75) is 6.92 Å². The number of rotatable bonds is 6. The molecule has 0 aliphatic carbocycles. The van der Waals surface area contributed by atoms with Gasteiger partial charge < -0.3 is 9.47 Å². The van der Waals surface area contributed by atoms with Crippen LogP contribution in [0.3, 0.4) is 0 Å². The number of nitrogens with zero attached hydrogens (tertiary/aromatic N) is 2. The summed E-state index contributed by atoms with van der Waals surface area (Å²) in [5.74, 6) is 1.66. The second-order valence-corrected chi connectivity index (χ2v) is 5.98. The largest absolute Gasteiger partial charge is 0.497 e. The third kappa shape index (κ3) is 4.82. The highest BCUT2D eigenvalue weighted by molar-refractivity contribution is 5.85. The van der Waals surface area contributed by atoms with E-state index in [-0.39, 0.29) is 0 Å². The summed E-state index contributed by atoms with van der Waals surface area (Å²) >= 11 is 0. The second-order valence-electron chi connectivity index (χ2n) is 5.98. The first-order valence-corrected chi connectivity index (χ1v) is 8.65. The molecule has 0 saturated heterocycles. The molecule has 0 radical (unpaired) electrons. The molecule has 0 N–H and O–H groups in total. The smallest absolute Gasteiger partial charge is 0.118 e. The Labute approximate surface area is 159 Å². The minimum Gasteiger partial charge on any atom is -0.497 e. The maximum Gasteiger partial charge on any atom is 0.118 e. The van der Waals surface area contributed by atoms with E-state index in [1.165, 1.54) is 0 Å². The first kappa shape index (κ1) is 18.4. The molecule has 0 unspecified atom stereocenters. The number of ether oxygens (including phenoxy) is 2. The van der Waals surface area contributed by atoms with Crippen molar-refractivity contribution in [3.8, 4) is 11.5 Å². The zero-order valence-electron chi connectivity index (χ0n) is 15.7. The Morgan fingerprint density at radius 1 is 0.630 bits per heavy atom.